The summed E-state index contributed by atoms with van der Waals surface area (Å²) in [6.45, 7) is 1.06. The van der Waals surface area contributed by atoms with Crippen molar-refractivity contribution in [3.63, 3.8) is 0 Å². The first-order valence-electron chi connectivity index (χ1n) is 8.62. The van der Waals surface area contributed by atoms with Crippen LogP contribution in [0, 0.1) is 0 Å². The molecule has 1 N–H and O–H groups in total. The highest BCUT2D eigenvalue weighted by Crippen LogP contribution is 2.31. The fourth-order valence-corrected chi connectivity index (χ4v) is 2.87. The Hall–Kier alpha value is -3.88. The normalized spacial score (nSPS) is 12.9. The minimum atomic E-state index is -0.564. The van der Waals surface area contributed by atoms with Crippen LogP contribution in [0.1, 0.15) is 22.1 Å². The van der Waals surface area contributed by atoms with Gasteiger partial charge < -0.3 is 18.3 Å². The van der Waals surface area contributed by atoms with E-state index < -0.39 is 5.91 Å². The largest absolute Gasteiger partial charge is 0.486 e. The van der Waals surface area contributed by atoms with Crippen LogP contribution in [0.5, 0.6) is 11.5 Å². The molecule has 28 heavy (non-hydrogen) atoms. The predicted molar refractivity (Wildman–Crippen MR) is 96.5 cm³/mol. The van der Waals surface area contributed by atoms with Crippen LogP contribution in [0.25, 0.3) is 11.1 Å². The summed E-state index contributed by atoms with van der Waals surface area (Å²) >= 11 is 0. The van der Waals surface area contributed by atoms with E-state index >= 15 is 0 Å². The van der Waals surface area contributed by atoms with Gasteiger partial charge in [0.05, 0.1) is 6.42 Å². The van der Waals surface area contributed by atoms with Crippen molar-refractivity contribution in [2.45, 2.75) is 6.42 Å². The summed E-state index contributed by atoms with van der Waals surface area (Å²) in [5.41, 5.74) is 2.04. The van der Waals surface area contributed by atoms with Gasteiger partial charge in [0.2, 0.25) is 5.89 Å². The first kappa shape index (κ1) is 16.3. The summed E-state index contributed by atoms with van der Waals surface area (Å²) in [7, 11) is 0. The molecule has 9 nitrogen and oxygen atoms in total. The number of oxazole rings is 1. The monoisotopic (exact) mass is 378 g/mol. The Morgan fingerprint density at radius 1 is 1.00 bits per heavy atom. The van der Waals surface area contributed by atoms with E-state index in [9.17, 15) is 4.79 Å². The molecule has 2 aromatic heterocycles. The average molecular weight is 378 g/mol. The summed E-state index contributed by atoms with van der Waals surface area (Å²) in [4.78, 5) is 16.4. The van der Waals surface area contributed by atoms with Crippen molar-refractivity contribution in [3.8, 4) is 11.5 Å². The molecule has 9 heteroatoms. The molecule has 1 aliphatic rings. The van der Waals surface area contributed by atoms with Gasteiger partial charge in [-0.15, -0.1) is 5.10 Å². The number of ether oxygens (including phenoxy) is 2. The van der Waals surface area contributed by atoms with Crippen molar-refractivity contribution < 1.29 is 23.1 Å². The van der Waals surface area contributed by atoms with Crippen molar-refractivity contribution in [1.82, 2.24) is 15.2 Å². The van der Waals surface area contributed by atoms with Crippen LogP contribution in [-0.2, 0) is 6.42 Å². The Labute approximate surface area is 158 Å². The molecule has 140 valence electrons. The van der Waals surface area contributed by atoms with E-state index in [2.05, 4.69) is 20.5 Å². The number of hydrogen-bond donors (Lipinski definition) is 1. The van der Waals surface area contributed by atoms with Gasteiger partial charge in [0.15, 0.2) is 17.1 Å². The first-order chi connectivity index (χ1) is 13.7. The molecule has 0 radical (unpaired) electrons. The number of amides is 1. The number of fused-ring (bicyclic) bond motifs is 2. The Balaban J connectivity index is 1.28. The van der Waals surface area contributed by atoms with Crippen LogP contribution in [0.2, 0.25) is 0 Å². The molecule has 0 aliphatic carbocycles. The minimum absolute atomic E-state index is 0.0280. The molecular formula is C19H14N4O5. The highest BCUT2D eigenvalue weighted by molar-refractivity contribution is 6.01. The molecule has 0 saturated carbocycles. The molecule has 0 spiro atoms. The van der Waals surface area contributed by atoms with Crippen LogP contribution in [0.4, 0.5) is 6.01 Å². The van der Waals surface area contributed by atoms with Crippen LogP contribution in [0.15, 0.2) is 51.3 Å². The fraction of sp³-hybridized carbons (Fsp3) is 0.158. The Morgan fingerprint density at radius 3 is 2.75 bits per heavy atom. The fourth-order valence-electron chi connectivity index (χ4n) is 2.87. The van der Waals surface area contributed by atoms with Crippen molar-refractivity contribution in [2.75, 3.05) is 18.5 Å². The Morgan fingerprint density at radius 2 is 1.86 bits per heavy atom. The molecular weight excluding hydrogens is 364 g/mol. The first-order valence-corrected chi connectivity index (χ1v) is 8.62. The zero-order chi connectivity index (χ0) is 18.9. The maximum atomic E-state index is 12.3. The molecule has 0 atom stereocenters. The molecule has 1 amide bonds. The lowest BCUT2D eigenvalue weighted by molar-refractivity contribution is 0.0989. The zero-order valence-corrected chi connectivity index (χ0v) is 14.5. The lowest BCUT2D eigenvalue weighted by atomic mass is 10.1. The molecule has 0 unspecified atom stereocenters. The van der Waals surface area contributed by atoms with Crippen molar-refractivity contribution in [3.05, 3.63) is 59.8 Å². The number of para-hydroxylation sites is 2. The SMILES string of the molecule is O=C(Nc1nnc(Cc2ccc3c(c2)OCCO3)o1)c1nc2ccccc2o1. The number of benzene rings is 2. The average Bonchev–Trinajstić information content (AvgIpc) is 3.34. The molecule has 4 aromatic rings. The van der Waals surface area contributed by atoms with Gasteiger partial charge in [-0.2, -0.15) is 0 Å². The number of nitrogens with zero attached hydrogens (tertiary/aromatic N) is 3. The number of carbonyl (C=O) groups is 1. The number of hydrogen-bond acceptors (Lipinski definition) is 8. The van der Waals surface area contributed by atoms with E-state index in [0.717, 1.165) is 5.56 Å². The van der Waals surface area contributed by atoms with Gasteiger partial charge in [0.1, 0.15) is 18.7 Å². The lowest BCUT2D eigenvalue weighted by Crippen LogP contribution is -2.15. The van der Waals surface area contributed by atoms with Gasteiger partial charge in [-0.1, -0.05) is 23.3 Å². The third kappa shape index (κ3) is 3.13. The van der Waals surface area contributed by atoms with Gasteiger partial charge in [-0.25, -0.2) is 4.98 Å². The third-order valence-corrected chi connectivity index (χ3v) is 4.14. The summed E-state index contributed by atoms with van der Waals surface area (Å²) in [5, 5.41) is 10.3. The van der Waals surface area contributed by atoms with Gasteiger partial charge in [-0.3, -0.25) is 10.1 Å². The molecule has 0 fully saturated rings. The predicted octanol–water partition coefficient (Wildman–Crippen LogP) is 2.83. The van der Waals surface area contributed by atoms with Gasteiger partial charge in [0, 0.05) is 0 Å². The number of aromatic nitrogens is 3. The molecule has 2 aromatic carbocycles. The summed E-state index contributed by atoms with van der Waals surface area (Å²) in [6.07, 6.45) is 0.391. The van der Waals surface area contributed by atoms with E-state index in [4.69, 9.17) is 18.3 Å². The summed E-state index contributed by atoms with van der Waals surface area (Å²) in [6, 6.07) is 12.7. The van der Waals surface area contributed by atoms with E-state index in [0.29, 0.717) is 48.1 Å². The van der Waals surface area contributed by atoms with Crippen LogP contribution in [-0.4, -0.2) is 34.3 Å². The summed E-state index contributed by atoms with van der Waals surface area (Å²) < 4.78 is 22.0. The summed E-state index contributed by atoms with van der Waals surface area (Å²) in [5.74, 6) is 1.11. The Bertz CT molecular complexity index is 1130. The third-order valence-electron chi connectivity index (χ3n) is 4.14. The molecule has 1 aliphatic heterocycles. The minimum Gasteiger partial charge on any atom is -0.486 e. The smallest absolute Gasteiger partial charge is 0.322 e. The van der Waals surface area contributed by atoms with E-state index in [1.807, 2.05) is 24.3 Å². The van der Waals surface area contributed by atoms with Gasteiger partial charge in [0.25, 0.3) is 5.89 Å². The number of carbonyl (C=O) groups excluding carboxylic acids is 1. The zero-order valence-electron chi connectivity index (χ0n) is 14.5. The number of nitrogens with one attached hydrogen (secondary N) is 1. The van der Waals surface area contributed by atoms with E-state index in [-0.39, 0.29) is 11.9 Å². The highest BCUT2D eigenvalue weighted by atomic mass is 16.6. The molecule has 5 rings (SSSR count). The second-order valence-electron chi connectivity index (χ2n) is 6.10. The number of anilines is 1. The molecule has 0 bridgehead atoms. The van der Waals surface area contributed by atoms with Crippen molar-refractivity contribution in [1.29, 1.82) is 0 Å². The maximum absolute atomic E-state index is 12.3. The van der Waals surface area contributed by atoms with E-state index in [1.165, 1.54) is 0 Å². The molecule has 0 saturated heterocycles. The van der Waals surface area contributed by atoms with Crippen LogP contribution < -0.4 is 14.8 Å². The quantitative estimate of drug-likeness (QED) is 0.577. The van der Waals surface area contributed by atoms with Crippen LogP contribution in [0.3, 0.4) is 0 Å². The topological polar surface area (TPSA) is 113 Å². The highest BCUT2D eigenvalue weighted by Gasteiger charge is 2.18. The van der Waals surface area contributed by atoms with Gasteiger partial charge >= 0.3 is 11.9 Å². The van der Waals surface area contributed by atoms with Gasteiger partial charge in [-0.05, 0) is 29.8 Å². The van der Waals surface area contributed by atoms with Crippen molar-refractivity contribution in [2.24, 2.45) is 0 Å². The maximum Gasteiger partial charge on any atom is 0.322 e. The standard InChI is InChI=1S/C19H14N4O5/c24-17(18-20-12-3-1-2-4-13(12)27-18)21-19-23-22-16(28-19)10-11-5-6-14-15(9-11)26-8-7-25-14/h1-6,9H,7-8,10H2,(H,21,23,24). The Kier molecular flexibility index (Phi) is 3.90. The lowest BCUT2D eigenvalue weighted by Gasteiger charge is -2.18. The second kappa shape index (κ2) is 6.69. The van der Waals surface area contributed by atoms with E-state index in [1.54, 1.807) is 18.2 Å². The molecule has 3 heterocycles. The van der Waals surface area contributed by atoms with Crippen LogP contribution >= 0.6 is 0 Å². The second-order valence-corrected chi connectivity index (χ2v) is 6.10. The van der Waals surface area contributed by atoms with Crippen molar-refractivity contribution >= 4 is 23.0 Å². The number of rotatable bonds is 4.